The molecular formula is C14H20N2O2. The lowest BCUT2D eigenvalue weighted by Crippen LogP contribution is -2.31. The van der Waals surface area contributed by atoms with Gasteiger partial charge >= 0.3 is 0 Å². The lowest BCUT2D eigenvalue weighted by atomic mass is 9.88. The monoisotopic (exact) mass is 248 g/mol. The molecular weight excluding hydrogens is 228 g/mol. The van der Waals surface area contributed by atoms with Crippen molar-refractivity contribution in [3.8, 4) is 5.88 Å². The van der Waals surface area contributed by atoms with Crippen LogP contribution in [0, 0.1) is 5.41 Å². The van der Waals surface area contributed by atoms with E-state index in [0.717, 1.165) is 36.8 Å². The van der Waals surface area contributed by atoms with Crippen molar-refractivity contribution in [3.05, 3.63) is 27.0 Å². The molecule has 0 saturated heterocycles. The molecule has 1 aliphatic carbocycles. The summed E-state index contributed by atoms with van der Waals surface area (Å²) in [4.78, 5) is 12.4. The van der Waals surface area contributed by atoms with E-state index < -0.39 is 0 Å². The molecule has 1 heterocycles. The molecule has 2 N–H and O–H groups in total. The Bertz CT molecular complexity index is 556. The Morgan fingerprint density at radius 3 is 2.33 bits per heavy atom. The van der Waals surface area contributed by atoms with Crippen LogP contribution in [-0.4, -0.2) is 15.4 Å². The number of hydrogen-bond acceptors (Lipinski definition) is 3. The third-order valence-electron chi connectivity index (χ3n) is 3.59. The Morgan fingerprint density at radius 1 is 1.28 bits per heavy atom. The van der Waals surface area contributed by atoms with E-state index in [0.29, 0.717) is 11.3 Å². The number of nitrogens with one attached hydrogen (secondary N) is 1. The average Bonchev–Trinajstić information content (AvgIpc) is 2.28. The number of pyridine rings is 1. The molecule has 1 aromatic heterocycles. The van der Waals surface area contributed by atoms with Crippen LogP contribution in [0.1, 0.15) is 56.3 Å². The first kappa shape index (κ1) is 12.9. The smallest absolute Gasteiger partial charge is 0.262 e. The molecule has 2 rings (SSSR count). The lowest BCUT2D eigenvalue weighted by Gasteiger charge is -2.24. The van der Waals surface area contributed by atoms with Crippen molar-refractivity contribution in [2.75, 3.05) is 0 Å². The average molecular weight is 248 g/mol. The summed E-state index contributed by atoms with van der Waals surface area (Å²) in [5.41, 5.74) is 2.34. The van der Waals surface area contributed by atoms with Crippen LogP contribution in [0.15, 0.2) is 4.79 Å². The van der Waals surface area contributed by atoms with Crippen LogP contribution in [0.2, 0.25) is 0 Å². The van der Waals surface area contributed by atoms with E-state index in [1.807, 2.05) is 13.8 Å². The fourth-order valence-electron chi connectivity index (χ4n) is 2.78. The molecule has 18 heavy (non-hydrogen) atoms. The van der Waals surface area contributed by atoms with E-state index in [2.05, 4.69) is 0 Å². The Hall–Kier alpha value is -1.58. The van der Waals surface area contributed by atoms with Crippen LogP contribution in [0.3, 0.4) is 0 Å². The first-order valence-electron chi connectivity index (χ1n) is 6.49. The number of aromatic nitrogens is 1. The van der Waals surface area contributed by atoms with Gasteiger partial charge in [0.1, 0.15) is 0 Å². The second-order valence-corrected chi connectivity index (χ2v) is 5.26. The minimum absolute atomic E-state index is 0.0946. The molecule has 4 nitrogen and oxygen atoms in total. The van der Waals surface area contributed by atoms with E-state index in [9.17, 15) is 9.90 Å². The van der Waals surface area contributed by atoms with Gasteiger partial charge in [-0.2, -0.15) is 0 Å². The van der Waals surface area contributed by atoms with Crippen molar-refractivity contribution in [3.63, 3.8) is 0 Å². The third kappa shape index (κ3) is 1.85. The molecule has 0 aliphatic heterocycles. The van der Waals surface area contributed by atoms with Gasteiger partial charge in [0.25, 0.3) is 5.56 Å². The summed E-state index contributed by atoms with van der Waals surface area (Å²) in [6.07, 6.45) is 3.66. The van der Waals surface area contributed by atoms with Crippen LogP contribution in [0.5, 0.6) is 5.88 Å². The second-order valence-electron chi connectivity index (χ2n) is 5.26. The highest BCUT2D eigenvalue weighted by Crippen LogP contribution is 2.31. The first-order chi connectivity index (χ1) is 8.45. The van der Waals surface area contributed by atoms with Crippen molar-refractivity contribution in [2.45, 2.75) is 52.5 Å². The lowest BCUT2D eigenvalue weighted by molar-refractivity contribution is 0.376. The molecule has 0 spiro atoms. The van der Waals surface area contributed by atoms with E-state index in [1.165, 1.54) is 4.57 Å². The topological polar surface area (TPSA) is 66.1 Å². The fourth-order valence-corrected chi connectivity index (χ4v) is 2.78. The maximum absolute atomic E-state index is 12.4. The maximum Gasteiger partial charge on any atom is 0.262 e. The molecule has 98 valence electrons. The van der Waals surface area contributed by atoms with Crippen molar-refractivity contribution >= 4 is 5.71 Å². The zero-order valence-corrected chi connectivity index (χ0v) is 11.2. The van der Waals surface area contributed by atoms with E-state index >= 15 is 0 Å². The van der Waals surface area contributed by atoms with Crippen LogP contribution in [-0.2, 0) is 12.8 Å². The standard InChI is InChI=1S/C14H20N2O2/c1-8(2)16-13(17)11-7-5-4-6-10(11)12(9(3)15)14(16)18/h8,15,17H,4-7H2,1-3H3. The quantitative estimate of drug-likeness (QED) is 0.789. The van der Waals surface area contributed by atoms with Crippen molar-refractivity contribution in [1.29, 1.82) is 5.41 Å². The molecule has 0 atom stereocenters. The highest BCUT2D eigenvalue weighted by molar-refractivity contribution is 5.97. The number of hydrogen-bond donors (Lipinski definition) is 2. The highest BCUT2D eigenvalue weighted by atomic mass is 16.3. The van der Waals surface area contributed by atoms with Gasteiger partial charge in [-0.15, -0.1) is 0 Å². The zero-order chi connectivity index (χ0) is 13.4. The molecule has 0 amide bonds. The van der Waals surface area contributed by atoms with Crippen LogP contribution < -0.4 is 5.56 Å². The summed E-state index contributed by atoms with van der Waals surface area (Å²) >= 11 is 0. The number of nitrogens with zero attached hydrogens (tertiary/aromatic N) is 1. The van der Waals surface area contributed by atoms with Crippen molar-refractivity contribution < 1.29 is 5.11 Å². The van der Waals surface area contributed by atoms with Gasteiger partial charge in [0.2, 0.25) is 0 Å². The van der Waals surface area contributed by atoms with Crippen molar-refractivity contribution in [1.82, 2.24) is 4.57 Å². The SMILES string of the molecule is CC(=N)c1c2c(c(O)n(C(C)C)c1=O)CCCC2. The largest absolute Gasteiger partial charge is 0.494 e. The van der Waals surface area contributed by atoms with Gasteiger partial charge in [0.15, 0.2) is 5.88 Å². The minimum atomic E-state index is -0.226. The molecule has 0 fully saturated rings. The highest BCUT2D eigenvalue weighted by Gasteiger charge is 2.25. The van der Waals surface area contributed by atoms with Crippen LogP contribution in [0.25, 0.3) is 0 Å². The van der Waals surface area contributed by atoms with E-state index in [4.69, 9.17) is 5.41 Å². The molecule has 0 radical (unpaired) electrons. The Kier molecular flexibility index (Phi) is 3.28. The number of rotatable bonds is 2. The summed E-state index contributed by atoms with van der Waals surface area (Å²) in [6.45, 7) is 5.39. The van der Waals surface area contributed by atoms with Gasteiger partial charge in [0, 0.05) is 17.3 Å². The zero-order valence-electron chi connectivity index (χ0n) is 11.2. The van der Waals surface area contributed by atoms with Gasteiger partial charge in [-0.3, -0.25) is 9.36 Å². The summed E-state index contributed by atoms with van der Waals surface area (Å²) in [6, 6.07) is -0.0946. The predicted octanol–water partition coefficient (Wildman–Crippen LogP) is 2.40. The summed E-state index contributed by atoms with van der Waals surface area (Å²) in [5, 5.41) is 18.1. The molecule has 1 aromatic rings. The number of aromatic hydroxyl groups is 1. The van der Waals surface area contributed by atoms with E-state index in [-0.39, 0.29) is 17.5 Å². The third-order valence-corrected chi connectivity index (χ3v) is 3.59. The van der Waals surface area contributed by atoms with Gasteiger partial charge in [-0.25, -0.2) is 0 Å². The summed E-state index contributed by atoms with van der Waals surface area (Å²) in [5.74, 6) is 0.106. The van der Waals surface area contributed by atoms with Crippen LogP contribution >= 0.6 is 0 Å². The molecule has 0 aromatic carbocycles. The molecule has 1 aliphatic rings. The Labute approximate surface area is 107 Å². The number of fused-ring (bicyclic) bond motifs is 1. The van der Waals surface area contributed by atoms with Gasteiger partial charge in [-0.05, 0) is 52.0 Å². The molecule has 4 heteroatoms. The second kappa shape index (κ2) is 4.59. The fraction of sp³-hybridized carbons (Fsp3) is 0.571. The predicted molar refractivity (Wildman–Crippen MR) is 71.9 cm³/mol. The van der Waals surface area contributed by atoms with Gasteiger partial charge in [-0.1, -0.05) is 0 Å². The van der Waals surface area contributed by atoms with E-state index in [1.54, 1.807) is 6.92 Å². The Balaban J connectivity index is 2.85. The Morgan fingerprint density at radius 2 is 1.83 bits per heavy atom. The normalized spacial score (nSPS) is 14.7. The molecule has 0 saturated carbocycles. The maximum atomic E-state index is 12.4. The van der Waals surface area contributed by atoms with Gasteiger partial charge in [0.05, 0.1) is 5.56 Å². The summed E-state index contributed by atoms with van der Waals surface area (Å²) < 4.78 is 1.41. The summed E-state index contributed by atoms with van der Waals surface area (Å²) in [7, 11) is 0. The van der Waals surface area contributed by atoms with Crippen molar-refractivity contribution in [2.24, 2.45) is 0 Å². The minimum Gasteiger partial charge on any atom is -0.494 e. The molecule has 0 unspecified atom stereocenters. The van der Waals surface area contributed by atoms with Gasteiger partial charge < -0.3 is 10.5 Å². The van der Waals surface area contributed by atoms with Crippen LogP contribution in [0.4, 0.5) is 0 Å². The molecule has 0 bridgehead atoms. The first-order valence-corrected chi connectivity index (χ1v) is 6.49.